The fourth-order valence-electron chi connectivity index (χ4n) is 2.71. The van der Waals surface area contributed by atoms with Crippen molar-refractivity contribution >= 4 is 39.1 Å². The zero-order chi connectivity index (χ0) is 23.4. The minimum Gasteiger partial charge on any atom is -0.495 e. The first kappa shape index (κ1) is 24.6. The van der Waals surface area contributed by atoms with E-state index in [-0.39, 0.29) is 17.0 Å². The van der Waals surface area contributed by atoms with Crippen molar-refractivity contribution < 1.29 is 22.7 Å². The van der Waals surface area contributed by atoms with Crippen molar-refractivity contribution in [2.24, 2.45) is 0 Å². The zero-order valence-corrected chi connectivity index (χ0v) is 19.6. The number of hydrogen-bond acceptors (Lipinski definition) is 5. The lowest BCUT2D eigenvalue weighted by Gasteiger charge is -2.20. The number of halogens is 1. The van der Waals surface area contributed by atoms with Crippen molar-refractivity contribution in [2.45, 2.75) is 31.2 Å². The topological polar surface area (TPSA) is 105 Å². The van der Waals surface area contributed by atoms with E-state index in [1.165, 1.54) is 43.3 Å². The minimum absolute atomic E-state index is 0.0485. The Labute approximate surface area is 187 Å². The minimum atomic E-state index is -3.71. The van der Waals surface area contributed by atoms with E-state index in [0.717, 1.165) is 0 Å². The largest absolute Gasteiger partial charge is 0.495 e. The number of nitrogens with one attached hydrogen (secondary N) is 2. The third-order valence-corrected chi connectivity index (χ3v) is 6.02. The first-order chi connectivity index (χ1) is 14.3. The third kappa shape index (κ3) is 6.95. The Morgan fingerprint density at radius 1 is 1.10 bits per heavy atom. The molecule has 0 heterocycles. The second-order valence-corrected chi connectivity index (χ2v) is 10.1. The van der Waals surface area contributed by atoms with Gasteiger partial charge in [0, 0.05) is 23.2 Å². The summed E-state index contributed by atoms with van der Waals surface area (Å²) < 4.78 is 32.5. The molecule has 0 atom stereocenters. The van der Waals surface area contributed by atoms with E-state index < -0.39 is 27.4 Å². The van der Waals surface area contributed by atoms with Gasteiger partial charge in [0.25, 0.3) is 5.91 Å². The maximum absolute atomic E-state index is 12.6. The van der Waals surface area contributed by atoms with Crippen LogP contribution in [0.15, 0.2) is 47.4 Å². The molecule has 0 aliphatic heterocycles. The van der Waals surface area contributed by atoms with Gasteiger partial charge in [0.1, 0.15) is 5.75 Å². The van der Waals surface area contributed by atoms with E-state index in [4.69, 9.17) is 16.3 Å². The van der Waals surface area contributed by atoms with Gasteiger partial charge in [-0.25, -0.2) is 13.1 Å². The van der Waals surface area contributed by atoms with Crippen LogP contribution in [0.2, 0.25) is 5.02 Å². The Morgan fingerprint density at radius 2 is 1.71 bits per heavy atom. The summed E-state index contributed by atoms with van der Waals surface area (Å²) in [5, 5.41) is 3.09. The van der Waals surface area contributed by atoms with Crippen LogP contribution in [0.25, 0.3) is 0 Å². The average Bonchev–Trinajstić information content (AvgIpc) is 2.65. The van der Waals surface area contributed by atoms with Crippen molar-refractivity contribution in [3.05, 3.63) is 53.1 Å². The van der Waals surface area contributed by atoms with Gasteiger partial charge < -0.3 is 15.0 Å². The SMILES string of the molecule is COc1ccc(Cl)cc1NC(=O)CN(C)C(=O)c1ccc(S(=O)(=O)NC(C)(C)C)cc1. The standard InChI is InChI=1S/C21H26ClN3O5S/c1-21(2,3)24-31(28,29)16-9-6-14(7-10-16)20(27)25(4)13-19(26)23-17-12-15(22)8-11-18(17)30-5/h6-12,24H,13H2,1-5H3,(H,23,26). The highest BCUT2D eigenvalue weighted by molar-refractivity contribution is 7.89. The van der Waals surface area contributed by atoms with Crippen LogP contribution in [0.3, 0.4) is 0 Å². The summed E-state index contributed by atoms with van der Waals surface area (Å²) in [6.45, 7) is 4.99. The fraction of sp³-hybridized carbons (Fsp3) is 0.333. The number of amides is 2. The molecule has 0 saturated carbocycles. The lowest BCUT2D eigenvalue weighted by Crippen LogP contribution is -2.40. The number of nitrogens with zero attached hydrogens (tertiary/aromatic N) is 1. The van der Waals surface area contributed by atoms with E-state index in [1.807, 2.05) is 0 Å². The van der Waals surface area contributed by atoms with Gasteiger partial charge in [-0.3, -0.25) is 9.59 Å². The maximum atomic E-state index is 12.6. The zero-order valence-electron chi connectivity index (χ0n) is 18.0. The Morgan fingerprint density at radius 3 is 2.26 bits per heavy atom. The second-order valence-electron chi connectivity index (χ2n) is 7.93. The molecule has 2 rings (SSSR count). The highest BCUT2D eigenvalue weighted by Crippen LogP contribution is 2.27. The van der Waals surface area contributed by atoms with Gasteiger partial charge in [0.2, 0.25) is 15.9 Å². The molecule has 0 bridgehead atoms. The molecule has 10 heteroatoms. The molecule has 0 fully saturated rings. The number of carbonyl (C=O) groups is 2. The molecule has 0 aliphatic carbocycles. The van der Waals surface area contributed by atoms with E-state index in [1.54, 1.807) is 39.0 Å². The Balaban J connectivity index is 2.06. The van der Waals surface area contributed by atoms with Gasteiger partial charge in [0.15, 0.2) is 0 Å². The van der Waals surface area contributed by atoms with Crippen molar-refractivity contribution in [3.63, 3.8) is 0 Å². The van der Waals surface area contributed by atoms with Crippen molar-refractivity contribution in [2.75, 3.05) is 26.0 Å². The molecular formula is C21H26ClN3O5S. The number of likely N-dealkylation sites (N-methyl/N-ethyl adjacent to an activating group) is 1. The van der Waals surface area contributed by atoms with Crippen LogP contribution in [-0.4, -0.2) is 51.4 Å². The van der Waals surface area contributed by atoms with Crippen LogP contribution < -0.4 is 14.8 Å². The molecule has 0 aliphatic rings. The number of rotatable bonds is 7. The Bertz CT molecular complexity index is 1060. The normalized spacial score (nSPS) is 11.7. The maximum Gasteiger partial charge on any atom is 0.254 e. The molecule has 2 aromatic rings. The summed E-state index contributed by atoms with van der Waals surface area (Å²) in [6, 6.07) is 10.3. The van der Waals surface area contributed by atoms with Crippen LogP contribution in [0.5, 0.6) is 5.75 Å². The smallest absolute Gasteiger partial charge is 0.254 e. The second kappa shape index (κ2) is 9.67. The number of ether oxygens (including phenoxy) is 1. The molecule has 0 saturated heterocycles. The average molecular weight is 468 g/mol. The molecule has 2 N–H and O–H groups in total. The summed E-state index contributed by atoms with van der Waals surface area (Å²) in [4.78, 5) is 26.3. The van der Waals surface area contributed by atoms with Crippen LogP contribution >= 0.6 is 11.6 Å². The van der Waals surface area contributed by atoms with E-state index in [0.29, 0.717) is 16.5 Å². The van der Waals surface area contributed by atoms with Crippen LogP contribution in [0.4, 0.5) is 5.69 Å². The number of methoxy groups -OCH3 is 1. The summed E-state index contributed by atoms with van der Waals surface area (Å²) in [7, 11) is -0.763. The van der Waals surface area contributed by atoms with Crippen molar-refractivity contribution in [1.82, 2.24) is 9.62 Å². The number of anilines is 1. The fourth-order valence-corrected chi connectivity index (χ4v) is 4.30. The van der Waals surface area contributed by atoms with Crippen LogP contribution in [-0.2, 0) is 14.8 Å². The third-order valence-electron chi connectivity index (χ3n) is 4.02. The predicted molar refractivity (Wildman–Crippen MR) is 120 cm³/mol. The van der Waals surface area contributed by atoms with Crippen molar-refractivity contribution in [1.29, 1.82) is 0 Å². The first-order valence-electron chi connectivity index (χ1n) is 9.35. The lowest BCUT2D eigenvalue weighted by molar-refractivity contribution is -0.116. The molecule has 168 valence electrons. The van der Waals surface area contributed by atoms with Gasteiger partial charge >= 0.3 is 0 Å². The predicted octanol–water partition coefficient (Wildman–Crippen LogP) is 3.14. The first-order valence-corrected chi connectivity index (χ1v) is 11.2. The Kier molecular flexibility index (Phi) is 7.69. The Hall–Kier alpha value is -2.62. The molecule has 0 aromatic heterocycles. The summed E-state index contributed by atoms with van der Waals surface area (Å²) in [5.41, 5.74) is 0.0131. The lowest BCUT2D eigenvalue weighted by atomic mass is 10.1. The van der Waals surface area contributed by atoms with Gasteiger partial charge in [-0.15, -0.1) is 0 Å². The molecule has 0 unspecified atom stereocenters. The van der Waals surface area contributed by atoms with E-state index >= 15 is 0 Å². The molecule has 2 amide bonds. The highest BCUT2D eigenvalue weighted by Gasteiger charge is 2.23. The molecular weight excluding hydrogens is 442 g/mol. The summed E-state index contributed by atoms with van der Waals surface area (Å²) in [5.74, 6) is -0.432. The molecule has 8 nitrogen and oxygen atoms in total. The van der Waals surface area contributed by atoms with Crippen molar-refractivity contribution in [3.8, 4) is 5.75 Å². The quantitative estimate of drug-likeness (QED) is 0.650. The van der Waals surface area contributed by atoms with Gasteiger partial charge in [-0.2, -0.15) is 0 Å². The van der Waals surface area contributed by atoms with Crippen LogP contribution in [0, 0.1) is 0 Å². The van der Waals surface area contributed by atoms with E-state index in [9.17, 15) is 18.0 Å². The van der Waals surface area contributed by atoms with Gasteiger partial charge in [-0.05, 0) is 63.2 Å². The number of hydrogen-bond donors (Lipinski definition) is 2. The van der Waals surface area contributed by atoms with Gasteiger partial charge in [-0.1, -0.05) is 11.6 Å². The molecule has 0 spiro atoms. The number of carbonyl (C=O) groups excluding carboxylic acids is 2. The van der Waals surface area contributed by atoms with Gasteiger partial charge in [0.05, 0.1) is 24.2 Å². The number of benzene rings is 2. The van der Waals surface area contributed by atoms with E-state index in [2.05, 4.69) is 10.0 Å². The number of sulfonamides is 1. The molecule has 31 heavy (non-hydrogen) atoms. The van der Waals surface area contributed by atoms with Crippen LogP contribution in [0.1, 0.15) is 31.1 Å². The summed E-state index contributed by atoms with van der Waals surface area (Å²) in [6.07, 6.45) is 0. The highest BCUT2D eigenvalue weighted by atomic mass is 35.5. The monoisotopic (exact) mass is 467 g/mol. The molecule has 2 aromatic carbocycles. The summed E-state index contributed by atoms with van der Waals surface area (Å²) >= 11 is 5.95. The molecule has 0 radical (unpaired) electrons.